The van der Waals surface area contributed by atoms with Gasteiger partial charge in [-0.3, -0.25) is 18.3 Å². The van der Waals surface area contributed by atoms with E-state index < -0.39 is 30.4 Å². The zero-order chi connectivity index (χ0) is 49.9. The van der Waals surface area contributed by atoms with Gasteiger partial charge >= 0.3 is 30.4 Å². The number of hydrogen-bond acceptors (Lipinski definition) is 12. The number of ether oxygens (including phenoxy) is 4. The summed E-state index contributed by atoms with van der Waals surface area (Å²) in [4.78, 5) is 45.3. The van der Waals surface area contributed by atoms with Crippen LogP contribution in [0, 0.1) is 0 Å². The summed E-state index contributed by atoms with van der Waals surface area (Å²) in [6, 6.07) is 12.1. The second-order valence-electron chi connectivity index (χ2n) is 16.7. The van der Waals surface area contributed by atoms with Crippen LogP contribution in [0.5, 0.6) is 23.0 Å². The predicted octanol–water partition coefficient (Wildman–Crippen LogP) is 8.91. The molecule has 0 aliphatic heterocycles. The lowest BCUT2D eigenvalue weighted by Gasteiger charge is -2.25. The highest BCUT2D eigenvalue weighted by atomic mass is 31.2. The zero-order valence-electron chi connectivity index (χ0n) is 40.4. The van der Waals surface area contributed by atoms with Crippen LogP contribution in [0.3, 0.4) is 0 Å². The van der Waals surface area contributed by atoms with Crippen molar-refractivity contribution < 1.29 is 74.9 Å². The molecule has 0 saturated heterocycles. The minimum absolute atomic E-state index is 0.0685. The fourth-order valence-electron chi connectivity index (χ4n) is 7.91. The van der Waals surface area contributed by atoms with Crippen molar-refractivity contribution in [1.82, 2.24) is 0 Å². The average Bonchev–Trinajstić information content (AvgIpc) is 3.31. The van der Waals surface area contributed by atoms with Crippen LogP contribution in [-0.2, 0) is 62.0 Å². The summed E-state index contributed by atoms with van der Waals surface area (Å²) in [6.07, 6.45) is 5.48. The van der Waals surface area contributed by atoms with Gasteiger partial charge < -0.3 is 56.6 Å². The molecule has 5 rings (SSSR count). The van der Waals surface area contributed by atoms with E-state index >= 15 is 0 Å². The van der Waals surface area contributed by atoms with Crippen molar-refractivity contribution in [2.75, 3.05) is 54.9 Å². The van der Waals surface area contributed by atoms with E-state index in [1.54, 1.807) is 0 Å². The SMILES string of the molecule is CCCCOc1c2cc(P(=O)(O)OC)cc1Cc1cc(P(=O)(O)OC)cc(c1OCCCC)Cc1cc(P(=O)(O)OC)cc(c1OCCCC)Cc1cc(P(=O)(O)OC)cc(c1OCCCC)C2. The van der Waals surface area contributed by atoms with Crippen molar-refractivity contribution in [2.45, 2.75) is 105 Å². The molecule has 0 fully saturated rings. The Morgan fingerprint density at radius 1 is 0.353 bits per heavy atom. The van der Waals surface area contributed by atoms with Crippen molar-refractivity contribution in [3.05, 3.63) is 93.0 Å². The molecule has 8 bridgehead atoms. The molecule has 1 aliphatic carbocycles. The molecule has 0 aromatic heterocycles. The van der Waals surface area contributed by atoms with E-state index in [1.165, 1.54) is 48.5 Å². The van der Waals surface area contributed by atoms with Gasteiger partial charge in [-0.15, -0.1) is 0 Å². The summed E-state index contributed by atoms with van der Waals surface area (Å²) < 4.78 is 103. The van der Waals surface area contributed by atoms with Crippen molar-refractivity contribution in [3.63, 3.8) is 0 Å². The van der Waals surface area contributed by atoms with E-state index in [0.717, 1.165) is 54.1 Å². The molecule has 1 aliphatic rings. The second kappa shape index (κ2) is 24.7. The van der Waals surface area contributed by atoms with E-state index in [1.807, 2.05) is 27.7 Å². The highest BCUT2D eigenvalue weighted by molar-refractivity contribution is 7.62. The summed E-state index contributed by atoms with van der Waals surface area (Å²) in [5.74, 6) is 1.39. The third-order valence-electron chi connectivity index (χ3n) is 11.7. The minimum Gasteiger partial charge on any atom is -0.493 e. The van der Waals surface area contributed by atoms with Crippen LogP contribution in [0.25, 0.3) is 0 Å². The maximum atomic E-state index is 13.9. The maximum Gasteiger partial charge on any atom is 0.358 e. The number of hydrogen-bond donors (Lipinski definition) is 4. The van der Waals surface area contributed by atoms with Gasteiger partial charge in [-0.05, 0) is 119 Å². The predicted molar refractivity (Wildman–Crippen MR) is 264 cm³/mol. The van der Waals surface area contributed by atoms with E-state index in [0.29, 0.717) is 93.2 Å². The van der Waals surface area contributed by atoms with E-state index in [9.17, 15) is 37.8 Å². The highest BCUT2D eigenvalue weighted by Gasteiger charge is 2.33. The van der Waals surface area contributed by atoms with Gasteiger partial charge in [-0.1, -0.05) is 53.4 Å². The Balaban J connectivity index is 2.07. The summed E-state index contributed by atoms with van der Waals surface area (Å²) in [5, 5.41) is -0.274. The quantitative estimate of drug-likeness (QED) is 0.0335. The normalized spacial score (nSPS) is 16.2. The van der Waals surface area contributed by atoms with Crippen molar-refractivity contribution in [3.8, 4) is 23.0 Å². The van der Waals surface area contributed by atoms with Crippen LogP contribution >= 0.6 is 30.4 Å². The largest absolute Gasteiger partial charge is 0.493 e. The van der Waals surface area contributed by atoms with Gasteiger partial charge in [0.2, 0.25) is 0 Å². The summed E-state index contributed by atoms with van der Waals surface area (Å²) in [7, 11) is -13.4. The van der Waals surface area contributed by atoms with Crippen molar-refractivity contribution >= 4 is 51.6 Å². The molecular formula is C48H68O16P4. The lowest BCUT2D eigenvalue weighted by Crippen LogP contribution is -2.18. The Labute approximate surface area is 400 Å². The van der Waals surface area contributed by atoms with Crippen LogP contribution in [0.15, 0.2) is 48.5 Å². The van der Waals surface area contributed by atoms with Crippen molar-refractivity contribution in [1.29, 1.82) is 0 Å². The Hall–Kier alpha value is -3.32. The first-order chi connectivity index (χ1) is 32.3. The minimum atomic E-state index is -4.48. The molecule has 4 N–H and O–H groups in total. The van der Waals surface area contributed by atoms with Gasteiger partial charge in [0.15, 0.2) is 0 Å². The Kier molecular flexibility index (Phi) is 20.2. The third-order valence-corrected chi connectivity index (χ3v) is 17.3. The molecule has 4 aromatic carbocycles. The van der Waals surface area contributed by atoms with Crippen molar-refractivity contribution in [2.24, 2.45) is 0 Å². The third kappa shape index (κ3) is 13.5. The first-order valence-corrected chi connectivity index (χ1v) is 29.3. The van der Waals surface area contributed by atoms with Gasteiger partial charge in [-0.2, -0.15) is 0 Å². The summed E-state index contributed by atoms with van der Waals surface area (Å²) in [6.45, 7) is 9.07. The summed E-state index contributed by atoms with van der Waals surface area (Å²) >= 11 is 0. The standard InChI is InChI=1S/C48H68O16P4/c1-9-13-17-61-45-33-21-35-27-42(66(51,52)58-6)29-37(46(35)62-18-14-10-2)23-39-31-44(68(55,56)60-8)32-40(48(39)64-20-16-12-4)24-38-30-43(67(53,54)59-7)28-36(47(38)63-19-15-11-3)22-34(45)26-41(25-33)65(49,50)57-5/h25-32H,9-24H2,1-8H3,(H,49,50)(H,51,52)(H,53,54)(H,55,56). The van der Waals surface area contributed by atoms with E-state index in [-0.39, 0.29) is 73.3 Å². The number of rotatable bonds is 24. The summed E-state index contributed by atoms with van der Waals surface area (Å²) in [5.41, 5.74) is 3.25. The second-order valence-corrected chi connectivity index (χ2v) is 24.4. The molecule has 4 atom stereocenters. The maximum absolute atomic E-state index is 13.9. The fourth-order valence-corrected chi connectivity index (χ4v) is 11.3. The first kappa shape index (κ1) is 55.6. The molecule has 0 heterocycles. The monoisotopic (exact) mass is 1020 g/mol. The number of benzene rings is 4. The molecule has 376 valence electrons. The van der Waals surface area contributed by atoms with Crippen LogP contribution in [-0.4, -0.2) is 74.4 Å². The zero-order valence-corrected chi connectivity index (χ0v) is 44.0. The molecule has 4 unspecified atom stereocenters. The van der Waals surface area contributed by atoms with Gasteiger partial charge in [0.25, 0.3) is 0 Å². The topological polar surface area (TPSA) is 223 Å². The molecule has 4 aromatic rings. The van der Waals surface area contributed by atoms with Gasteiger partial charge in [-0.25, -0.2) is 0 Å². The van der Waals surface area contributed by atoms with Gasteiger partial charge in [0.1, 0.15) is 23.0 Å². The van der Waals surface area contributed by atoms with Crippen LogP contribution in [0.1, 0.15) is 124 Å². The van der Waals surface area contributed by atoms with Crippen LogP contribution in [0.2, 0.25) is 0 Å². The fraction of sp³-hybridized carbons (Fsp3) is 0.500. The van der Waals surface area contributed by atoms with E-state index in [4.69, 9.17) is 37.0 Å². The molecule has 0 saturated carbocycles. The molecular weight excluding hydrogens is 956 g/mol. The van der Waals surface area contributed by atoms with Crippen LogP contribution in [0.4, 0.5) is 0 Å². The van der Waals surface area contributed by atoms with Gasteiger partial charge in [0.05, 0.1) is 47.6 Å². The Morgan fingerprint density at radius 2 is 0.515 bits per heavy atom. The molecule has 68 heavy (non-hydrogen) atoms. The number of unbranched alkanes of at least 4 members (excludes halogenated alkanes) is 4. The lowest BCUT2D eigenvalue weighted by atomic mass is 9.91. The number of fused-ring (bicyclic) bond motifs is 8. The molecule has 20 heteroatoms. The molecule has 16 nitrogen and oxygen atoms in total. The van der Waals surface area contributed by atoms with E-state index in [2.05, 4.69) is 0 Å². The highest BCUT2D eigenvalue weighted by Crippen LogP contribution is 2.48. The lowest BCUT2D eigenvalue weighted by molar-refractivity contribution is 0.297. The molecule has 0 amide bonds. The van der Waals surface area contributed by atoms with Crippen LogP contribution < -0.4 is 40.2 Å². The Bertz CT molecular complexity index is 2140. The molecule has 0 spiro atoms. The van der Waals surface area contributed by atoms with Gasteiger partial charge in [0, 0.05) is 54.1 Å². The first-order valence-electron chi connectivity index (χ1n) is 23.0. The smallest absolute Gasteiger partial charge is 0.358 e. The molecule has 0 radical (unpaired) electrons. The Morgan fingerprint density at radius 3 is 0.647 bits per heavy atom. The average molecular weight is 1020 g/mol.